The van der Waals surface area contributed by atoms with E-state index in [0.29, 0.717) is 18.4 Å². The van der Waals surface area contributed by atoms with Crippen LogP contribution in [0.3, 0.4) is 0 Å². The van der Waals surface area contributed by atoms with Gasteiger partial charge in [0.15, 0.2) is 0 Å². The van der Waals surface area contributed by atoms with Gasteiger partial charge < -0.3 is 20.1 Å². The molecule has 2 heterocycles. The maximum Gasteiger partial charge on any atom is 0.410 e. The molecule has 0 bridgehead atoms. The van der Waals surface area contributed by atoms with Crippen LogP contribution in [0, 0.1) is 11.8 Å². The molecule has 0 spiro atoms. The minimum atomic E-state index is -0.434. The Balaban J connectivity index is 1.83. The highest BCUT2D eigenvalue weighted by Gasteiger charge is 2.36. The number of hydrogen-bond acceptors (Lipinski definition) is 4. The van der Waals surface area contributed by atoms with Gasteiger partial charge in [0.2, 0.25) is 0 Å². The van der Waals surface area contributed by atoms with Crippen LogP contribution in [-0.4, -0.2) is 48.9 Å². The summed E-state index contributed by atoms with van der Waals surface area (Å²) in [5, 5.41) is 0. The van der Waals surface area contributed by atoms with E-state index in [9.17, 15) is 4.79 Å². The minimum absolute atomic E-state index is 0.134. The summed E-state index contributed by atoms with van der Waals surface area (Å²) in [4.78, 5) is 13.8. The second kappa shape index (κ2) is 5.67. The average molecular weight is 270 g/mol. The molecule has 2 N–H and O–H groups in total. The Morgan fingerprint density at radius 1 is 1.37 bits per heavy atom. The highest BCUT2D eigenvalue weighted by Crippen LogP contribution is 2.27. The Labute approximate surface area is 115 Å². The van der Waals surface area contributed by atoms with Crippen LogP contribution >= 0.6 is 0 Å². The van der Waals surface area contributed by atoms with Crippen molar-refractivity contribution in [2.24, 2.45) is 17.6 Å². The van der Waals surface area contributed by atoms with E-state index in [0.717, 1.165) is 32.6 Å². The van der Waals surface area contributed by atoms with Gasteiger partial charge in [-0.25, -0.2) is 4.79 Å². The number of rotatable bonds is 2. The van der Waals surface area contributed by atoms with Crippen molar-refractivity contribution in [2.75, 3.05) is 26.3 Å². The lowest BCUT2D eigenvalue weighted by atomic mass is 9.88. The fourth-order valence-corrected chi connectivity index (χ4v) is 2.83. The Morgan fingerprint density at radius 2 is 2.11 bits per heavy atom. The standard InChI is InChI=1S/C14H26N2O3/c1-14(2,3)19-13(17)16-6-4-10(8-16)12(15)11-5-7-18-9-11/h10-12H,4-9,15H2,1-3H3. The molecule has 0 aromatic rings. The number of ether oxygens (including phenoxy) is 2. The van der Waals surface area contributed by atoms with Crippen molar-refractivity contribution >= 4 is 6.09 Å². The van der Waals surface area contributed by atoms with Gasteiger partial charge in [-0.1, -0.05) is 0 Å². The Morgan fingerprint density at radius 3 is 2.68 bits per heavy atom. The van der Waals surface area contributed by atoms with Crippen molar-refractivity contribution in [3.8, 4) is 0 Å². The van der Waals surface area contributed by atoms with Crippen LogP contribution in [0.15, 0.2) is 0 Å². The molecule has 2 aliphatic heterocycles. The first kappa shape index (κ1) is 14.6. The summed E-state index contributed by atoms with van der Waals surface area (Å²) in [6, 6.07) is 0.134. The van der Waals surface area contributed by atoms with Crippen LogP contribution in [-0.2, 0) is 9.47 Å². The summed E-state index contributed by atoms with van der Waals surface area (Å²) in [6.07, 6.45) is 1.80. The third-order valence-corrected chi connectivity index (χ3v) is 3.93. The molecule has 5 heteroatoms. The Kier molecular flexibility index (Phi) is 4.36. The maximum atomic E-state index is 12.0. The third kappa shape index (κ3) is 3.83. The van der Waals surface area contributed by atoms with Gasteiger partial charge in [0.05, 0.1) is 6.61 Å². The average Bonchev–Trinajstić information content (AvgIpc) is 2.98. The van der Waals surface area contributed by atoms with Crippen molar-refractivity contribution in [1.29, 1.82) is 0 Å². The van der Waals surface area contributed by atoms with Gasteiger partial charge in [-0.3, -0.25) is 0 Å². The molecular weight excluding hydrogens is 244 g/mol. The fraction of sp³-hybridized carbons (Fsp3) is 0.929. The van der Waals surface area contributed by atoms with Gasteiger partial charge in [-0.15, -0.1) is 0 Å². The van der Waals surface area contributed by atoms with Crippen LogP contribution in [0.25, 0.3) is 0 Å². The lowest BCUT2D eigenvalue weighted by Gasteiger charge is -2.26. The topological polar surface area (TPSA) is 64.8 Å². The van der Waals surface area contributed by atoms with Crippen molar-refractivity contribution < 1.29 is 14.3 Å². The van der Waals surface area contributed by atoms with Gasteiger partial charge in [0.1, 0.15) is 5.60 Å². The zero-order valence-electron chi connectivity index (χ0n) is 12.2. The van der Waals surface area contributed by atoms with E-state index in [1.165, 1.54) is 0 Å². The summed E-state index contributed by atoms with van der Waals surface area (Å²) in [5.41, 5.74) is 5.88. The normalized spacial score (nSPS) is 29.6. The van der Waals surface area contributed by atoms with Crippen LogP contribution in [0.1, 0.15) is 33.6 Å². The Hall–Kier alpha value is -0.810. The first-order valence-corrected chi connectivity index (χ1v) is 7.18. The fourth-order valence-electron chi connectivity index (χ4n) is 2.83. The summed E-state index contributed by atoms with van der Waals surface area (Å²) in [6.45, 7) is 8.72. The van der Waals surface area contributed by atoms with Crippen molar-refractivity contribution in [1.82, 2.24) is 4.90 Å². The molecule has 110 valence electrons. The number of nitrogens with two attached hydrogens (primary N) is 1. The summed E-state index contributed by atoms with van der Waals surface area (Å²) < 4.78 is 10.8. The zero-order chi connectivity index (χ0) is 14.0. The number of carbonyl (C=O) groups excluding carboxylic acids is 1. The van der Waals surface area contributed by atoms with Gasteiger partial charge in [0, 0.05) is 25.7 Å². The maximum absolute atomic E-state index is 12.0. The number of carbonyl (C=O) groups is 1. The molecule has 1 amide bonds. The first-order valence-electron chi connectivity index (χ1n) is 7.18. The molecule has 2 aliphatic rings. The van der Waals surface area contributed by atoms with E-state index in [1.54, 1.807) is 4.90 Å². The van der Waals surface area contributed by atoms with Crippen molar-refractivity contribution in [3.05, 3.63) is 0 Å². The summed E-state index contributed by atoms with van der Waals surface area (Å²) in [7, 11) is 0. The van der Waals surface area contributed by atoms with Crippen LogP contribution in [0.2, 0.25) is 0 Å². The van der Waals surface area contributed by atoms with E-state index in [1.807, 2.05) is 20.8 Å². The zero-order valence-corrected chi connectivity index (χ0v) is 12.2. The van der Waals surface area contributed by atoms with Crippen molar-refractivity contribution in [2.45, 2.75) is 45.3 Å². The van der Waals surface area contributed by atoms with Crippen LogP contribution in [0.4, 0.5) is 4.79 Å². The summed E-state index contributed by atoms with van der Waals surface area (Å²) in [5.74, 6) is 0.822. The molecule has 19 heavy (non-hydrogen) atoms. The van der Waals surface area contributed by atoms with E-state index in [2.05, 4.69) is 0 Å². The van der Waals surface area contributed by atoms with Gasteiger partial charge in [-0.05, 0) is 45.4 Å². The Bertz CT molecular complexity index is 321. The number of amides is 1. The molecule has 0 radical (unpaired) electrons. The minimum Gasteiger partial charge on any atom is -0.444 e. The molecule has 0 saturated carbocycles. The lowest BCUT2D eigenvalue weighted by molar-refractivity contribution is 0.0284. The highest BCUT2D eigenvalue weighted by molar-refractivity contribution is 5.68. The predicted octanol–water partition coefficient (Wildman–Crippen LogP) is 1.61. The molecule has 3 unspecified atom stereocenters. The number of hydrogen-bond donors (Lipinski definition) is 1. The molecule has 5 nitrogen and oxygen atoms in total. The quantitative estimate of drug-likeness (QED) is 0.828. The molecule has 3 atom stereocenters. The molecule has 2 rings (SSSR count). The van der Waals surface area contributed by atoms with E-state index in [4.69, 9.17) is 15.2 Å². The highest BCUT2D eigenvalue weighted by atomic mass is 16.6. The smallest absolute Gasteiger partial charge is 0.410 e. The lowest BCUT2D eigenvalue weighted by Crippen LogP contribution is -2.41. The van der Waals surface area contributed by atoms with E-state index < -0.39 is 5.60 Å². The number of nitrogens with zero attached hydrogens (tertiary/aromatic N) is 1. The summed E-state index contributed by atoms with van der Waals surface area (Å²) >= 11 is 0. The second-order valence-electron chi connectivity index (χ2n) is 6.68. The van der Waals surface area contributed by atoms with Gasteiger partial charge in [-0.2, -0.15) is 0 Å². The van der Waals surface area contributed by atoms with Crippen LogP contribution < -0.4 is 5.73 Å². The molecule has 2 saturated heterocycles. The number of likely N-dealkylation sites (tertiary alicyclic amines) is 1. The van der Waals surface area contributed by atoms with E-state index in [-0.39, 0.29) is 12.1 Å². The molecule has 2 fully saturated rings. The van der Waals surface area contributed by atoms with Gasteiger partial charge in [0.25, 0.3) is 0 Å². The van der Waals surface area contributed by atoms with Gasteiger partial charge >= 0.3 is 6.09 Å². The first-order chi connectivity index (χ1) is 8.87. The second-order valence-corrected chi connectivity index (χ2v) is 6.68. The van der Waals surface area contributed by atoms with Crippen LogP contribution in [0.5, 0.6) is 0 Å². The largest absolute Gasteiger partial charge is 0.444 e. The molecular formula is C14H26N2O3. The SMILES string of the molecule is CC(C)(C)OC(=O)N1CCC(C(N)C2CCOC2)C1. The molecule has 0 aromatic heterocycles. The molecule has 0 aromatic carbocycles. The van der Waals surface area contributed by atoms with Crippen molar-refractivity contribution in [3.63, 3.8) is 0 Å². The third-order valence-electron chi connectivity index (χ3n) is 3.93. The monoisotopic (exact) mass is 270 g/mol. The predicted molar refractivity (Wildman–Crippen MR) is 72.8 cm³/mol. The molecule has 0 aliphatic carbocycles. The van der Waals surface area contributed by atoms with E-state index >= 15 is 0 Å².